The van der Waals surface area contributed by atoms with Gasteiger partial charge in [0.05, 0.1) is 6.54 Å². The van der Waals surface area contributed by atoms with E-state index in [1.54, 1.807) is 17.0 Å². The lowest BCUT2D eigenvalue weighted by atomic mass is 9.49. The van der Waals surface area contributed by atoms with Crippen molar-refractivity contribution in [2.24, 2.45) is 23.2 Å². The van der Waals surface area contributed by atoms with Crippen LogP contribution >= 0.6 is 0 Å². The second-order valence-electron chi connectivity index (χ2n) is 11.7. The highest BCUT2D eigenvalue weighted by Crippen LogP contribution is 2.60. The van der Waals surface area contributed by atoms with Crippen molar-refractivity contribution < 1.29 is 14.4 Å². The molecule has 4 aliphatic rings. The van der Waals surface area contributed by atoms with Crippen LogP contribution in [0.3, 0.4) is 0 Å². The molecule has 0 spiro atoms. The van der Waals surface area contributed by atoms with Crippen LogP contribution in [0.25, 0.3) is 0 Å². The number of rotatable bonds is 7. The second kappa shape index (κ2) is 9.11. The number of amides is 3. The highest BCUT2D eigenvalue weighted by molar-refractivity contribution is 5.96. The lowest BCUT2D eigenvalue weighted by Gasteiger charge is -2.55. The Morgan fingerprint density at radius 2 is 1.52 bits per heavy atom. The van der Waals surface area contributed by atoms with Crippen molar-refractivity contribution in [2.45, 2.75) is 78.3 Å². The molecule has 33 heavy (non-hydrogen) atoms. The average molecular weight is 454 g/mol. The molecule has 180 valence electrons. The Bertz CT molecular complexity index is 865. The molecule has 4 fully saturated rings. The van der Waals surface area contributed by atoms with Crippen LogP contribution in [0.5, 0.6) is 0 Å². The topological polar surface area (TPSA) is 78.5 Å². The maximum absolute atomic E-state index is 13.2. The van der Waals surface area contributed by atoms with Crippen molar-refractivity contribution in [3.05, 3.63) is 35.4 Å². The van der Waals surface area contributed by atoms with E-state index in [9.17, 15) is 14.4 Å². The monoisotopic (exact) mass is 453 g/mol. The molecule has 0 unspecified atom stereocenters. The highest BCUT2D eigenvalue weighted by Gasteiger charge is 2.54. The molecule has 0 aliphatic heterocycles. The Kier molecular flexibility index (Phi) is 6.56. The summed E-state index contributed by atoms with van der Waals surface area (Å²) in [4.78, 5) is 39.9. The quantitative estimate of drug-likeness (QED) is 0.657. The summed E-state index contributed by atoms with van der Waals surface area (Å²) in [7, 11) is 0. The molecule has 6 nitrogen and oxygen atoms in total. The van der Waals surface area contributed by atoms with E-state index in [2.05, 4.69) is 10.6 Å². The third kappa shape index (κ3) is 5.42. The summed E-state index contributed by atoms with van der Waals surface area (Å²) in [5.74, 6) is 2.15. The van der Waals surface area contributed by atoms with Gasteiger partial charge < -0.3 is 15.5 Å². The summed E-state index contributed by atoms with van der Waals surface area (Å²) in [6.45, 7) is 8.61. The van der Waals surface area contributed by atoms with Gasteiger partial charge in [0.1, 0.15) is 0 Å². The summed E-state index contributed by atoms with van der Waals surface area (Å²) in [6.07, 6.45) is 7.17. The Balaban J connectivity index is 1.32. The van der Waals surface area contributed by atoms with Crippen LogP contribution in [0.15, 0.2) is 24.3 Å². The molecule has 1 aromatic rings. The molecule has 0 heterocycles. The molecule has 2 N–H and O–H groups in total. The van der Waals surface area contributed by atoms with E-state index in [0.717, 1.165) is 42.6 Å². The minimum Gasteiger partial charge on any atom is -0.352 e. The predicted molar refractivity (Wildman–Crippen MR) is 128 cm³/mol. The molecular weight excluding hydrogens is 414 g/mol. The first kappa shape index (κ1) is 23.8. The molecule has 1 aromatic carbocycles. The average Bonchev–Trinajstić information content (AvgIpc) is 2.73. The van der Waals surface area contributed by atoms with Crippen molar-refractivity contribution in [2.75, 3.05) is 13.1 Å². The smallest absolute Gasteiger partial charge is 0.254 e. The van der Waals surface area contributed by atoms with E-state index < -0.39 is 0 Å². The summed E-state index contributed by atoms with van der Waals surface area (Å²) >= 11 is 0. The number of benzene rings is 1. The molecule has 0 radical (unpaired) electrons. The van der Waals surface area contributed by atoms with E-state index in [-0.39, 0.29) is 35.2 Å². The molecule has 3 amide bonds. The van der Waals surface area contributed by atoms with Crippen LogP contribution in [-0.2, 0) is 16.1 Å². The van der Waals surface area contributed by atoms with E-state index >= 15 is 0 Å². The summed E-state index contributed by atoms with van der Waals surface area (Å²) in [5, 5.41) is 6.10. The van der Waals surface area contributed by atoms with Gasteiger partial charge in [-0.25, -0.2) is 0 Å². The highest BCUT2D eigenvalue weighted by atomic mass is 16.2. The number of hydrogen-bond acceptors (Lipinski definition) is 3. The largest absolute Gasteiger partial charge is 0.352 e. The normalized spacial score (nSPS) is 27.8. The summed E-state index contributed by atoms with van der Waals surface area (Å²) < 4.78 is 0. The Morgan fingerprint density at radius 3 is 2.00 bits per heavy atom. The first-order chi connectivity index (χ1) is 15.6. The Morgan fingerprint density at radius 1 is 0.970 bits per heavy atom. The lowest BCUT2D eigenvalue weighted by molar-refractivity contribution is -0.146. The van der Waals surface area contributed by atoms with E-state index in [1.807, 2.05) is 39.8 Å². The lowest BCUT2D eigenvalue weighted by Crippen LogP contribution is -2.53. The van der Waals surface area contributed by atoms with Gasteiger partial charge in [-0.1, -0.05) is 12.1 Å². The Labute approximate surface area is 197 Å². The predicted octanol–water partition coefficient (Wildman–Crippen LogP) is 3.90. The number of carbonyl (C=O) groups excluding carboxylic acids is 3. The number of carbonyl (C=O) groups is 3. The molecule has 0 aromatic heterocycles. The van der Waals surface area contributed by atoms with Gasteiger partial charge in [-0.3, -0.25) is 14.4 Å². The van der Waals surface area contributed by atoms with Gasteiger partial charge in [0, 0.05) is 29.6 Å². The molecule has 0 saturated heterocycles. The molecular formula is C27H39N3O3. The standard InChI is InChI=1S/C27H39N3O3/c1-5-30(17-23(31)29-26(2,3)4)24(32)22-8-6-18(7-9-22)16-28-25(33)27-13-19-10-20(14-27)12-21(11-19)15-27/h6-9,19-21H,5,10-17H2,1-4H3,(H,28,33)(H,29,31). The van der Waals surface area contributed by atoms with Crippen molar-refractivity contribution in [1.82, 2.24) is 15.5 Å². The third-order valence-corrected chi connectivity index (χ3v) is 7.69. The summed E-state index contributed by atoms with van der Waals surface area (Å²) in [6, 6.07) is 7.38. The van der Waals surface area contributed by atoms with Crippen molar-refractivity contribution in [3.63, 3.8) is 0 Å². The van der Waals surface area contributed by atoms with Gasteiger partial charge in [0.15, 0.2) is 0 Å². The zero-order chi connectivity index (χ0) is 23.8. The molecule has 5 rings (SSSR count). The van der Waals surface area contributed by atoms with Crippen LogP contribution in [0, 0.1) is 23.2 Å². The van der Waals surface area contributed by atoms with E-state index in [0.29, 0.717) is 18.7 Å². The van der Waals surface area contributed by atoms with Crippen molar-refractivity contribution in [3.8, 4) is 0 Å². The number of nitrogens with one attached hydrogen (secondary N) is 2. The molecule has 0 atom stereocenters. The minimum atomic E-state index is -0.332. The fourth-order valence-electron chi connectivity index (χ4n) is 6.66. The molecule has 4 saturated carbocycles. The van der Waals surface area contributed by atoms with Crippen LogP contribution in [0.1, 0.15) is 82.1 Å². The van der Waals surface area contributed by atoms with Crippen LogP contribution in [-0.4, -0.2) is 41.2 Å². The van der Waals surface area contributed by atoms with Gasteiger partial charge in [-0.15, -0.1) is 0 Å². The van der Waals surface area contributed by atoms with E-state index in [1.165, 1.54) is 19.3 Å². The van der Waals surface area contributed by atoms with Crippen LogP contribution in [0.4, 0.5) is 0 Å². The van der Waals surface area contributed by atoms with Crippen molar-refractivity contribution >= 4 is 17.7 Å². The third-order valence-electron chi connectivity index (χ3n) is 7.69. The molecule has 6 heteroatoms. The summed E-state index contributed by atoms with van der Waals surface area (Å²) in [5.41, 5.74) is 1.07. The Hall–Kier alpha value is -2.37. The first-order valence-electron chi connectivity index (χ1n) is 12.5. The number of nitrogens with zero attached hydrogens (tertiary/aromatic N) is 1. The molecule has 4 aliphatic carbocycles. The maximum atomic E-state index is 13.2. The van der Waals surface area contributed by atoms with Gasteiger partial charge in [0.25, 0.3) is 5.91 Å². The fourth-order valence-corrected chi connectivity index (χ4v) is 6.66. The number of likely N-dealkylation sites (N-methyl/N-ethyl adjacent to an activating group) is 1. The minimum absolute atomic E-state index is 0.0372. The van der Waals surface area contributed by atoms with Gasteiger partial charge >= 0.3 is 0 Å². The second-order valence-corrected chi connectivity index (χ2v) is 11.7. The van der Waals surface area contributed by atoms with Crippen LogP contribution in [0.2, 0.25) is 0 Å². The zero-order valence-electron chi connectivity index (χ0n) is 20.6. The van der Waals surface area contributed by atoms with E-state index in [4.69, 9.17) is 0 Å². The fraction of sp³-hybridized carbons (Fsp3) is 0.667. The first-order valence-corrected chi connectivity index (χ1v) is 12.5. The van der Waals surface area contributed by atoms with Gasteiger partial charge in [-0.2, -0.15) is 0 Å². The SMILES string of the molecule is CCN(CC(=O)NC(C)(C)C)C(=O)c1ccc(CNC(=O)C23CC4CC(CC(C4)C2)C3)cc1. The maximum Gasteiger partial charge on any atom is 0.254 e. The molecule has 4 bridgehead atoms. The van der Waals surface area contributed by atoms with Gasteiger partial charge in [0.2, 0.25) is 11.8 Å². The van der Waals surface area contributed by atoms with Crippen molar-refractivity contribution in [1.29, 1.82) is 0 Å². The van der Waals surface area contributed by atoms with Gasteiger partial charge in [-0.05, 0) is 102 Å². The zero-order valence-corrected chi connectivity index (χ0v) is 20.6. The van der Waals surface area contributed by atoms with Crippen LogP contribution < -0.4 is 10.6 Å². The number of hydrogen-bond donors (Lipinski definition) is 2.